The Labute approximate surface area is 130 Å². The van der Waals surface area contributed by atoms with Crippen LogP contribution >= 0.6 is 0 Å². The maximum atomic E-state index is 11.3. The van der Waals surface area contributed by atoms with Crippen molar-refractivity contribution in [3.8, 4) is 5.75 Å². The first-order valence-corrected chi connectivity index (χ1v) is 7.39. The predicted octanol–water partition coefficient (Wildman–Crippen LogP) is 2.63. The molecule has 1 heterocycles. The fourth-order valence-electron chi connectivity index (χ4n) is 2.47. The molecule has 3 rings (SSSR count). The Morgan fingerprint density at radius 1 is 1.14 bits per heavy atom. The first kappa shape index (κ1) is 14.6. The number of carbonyl (C=O) groups excluding carboxylic acids is 1. The van der Waals surface area contributed by atoms with Crippen molar-refractivity contribution >= 4 is 5.91 Å². The van der Waals surface area contributed by atoms with Crippen LogP contribution in [0.2, 0.25) is 0 Å². The molecule has 1 aliphatic rings. The Kier molecular flexibility index (Phi) is 4.39. The lowest BCUT2D eigenvalue weighted by Gasteiger charge is -2.31. The van der Waals surface area contributed by atoms with Gasteiger partial charge in [0.15, 0.2) is 6.10 Å². The molecule has 0 bridgehead atoms. The molecule has 4 nitrogen and oxygen atoms in total. The quantitative estimate of drug-likeness (QED) is 0.943. The molecule has 22 heavy (non-hydrogen) atoms. The fourth-order valence-corrected chi connectivity index (χ4v) is 2.47. The van der Waals surface area contributed by atoms with E-state index in [1.165, 1.54) is 5.56 Å². The van der Waals surface area contributed by atoms with Crippen molar-refractivity contribution in [1.82, 2.24) is 5.32 Å². The number of rotatable bonds is 4. The Balaban J connectivity index is 1.82. The Morgan fingerprint density at radius 3 is 2.50 bits per heavy atom. The third kappa shape index (κ3) is 3.46. The summed E-state index contributed by atoms with van der Waals surface area (Å²) in [5.74, 6) is 0.707. The van der Waals surface area contributed by atoms with Crippen LogP contribution < -0.4 is 10.1 Å². The Hall–Kier alpha value is -2.33. The number of morpholine rings is 1. The largest absolute Gasteiger partial charge is 0.483 e. The average molecular weight is 297 g/mol. The number of hydrogen-bond donors (Lipinski definition) is 1. The standard InChI is InChI=1S/C18H19NO3/c1-13-7-9-15(10-8-13)22-18(14-5-3-2-4-6-14)16-11-19-17(20)12-21-16/h2-10,16,18H,11-12H2,1H3,(H,19,20)/t16-,18-/m1/s1. The van der Waals surface area contributed by atoms with E-state index in [-0.39, 0.29) is 24.7 Å². The molecular formula is C18H19NO3. The number of aryl methyl sites for hydroxylation is 1. The number of hydrogen-bond acceptors (Lipinski definition) is 3. The van der Waals surface area contributed by atoms with E-state index in [0.29, 0.717) is 6.54 Å². The second-order valence-corrected chi connectivity index (χ2v) is 5.42. The summed E-state index contributed by atoms with van der Waals surface area (Å²) in [5, 5.41) is 2.83. The number of benzene rings is 2. The molecule has 1 fully saturated rings. The molecule has 0 spiro atoms. The number of carbonyl (C=O) groups is 1. The second-order valence-electron chi connectivity index (χ2n) is 5.42. The maximum absolute atomic E-state index is 11.3. The predicted molar refractivity (Wildman–Crippen MR) is 83.7 cm³/mol. The van der Waals surface area contributed by atoms with Crippen LogP contribution in [-0.2, 0) is 9.53 Å². The van der Waals surface area contributed by atoms with Gasteiger partial charge in [0.2, 0.25) is 5.91 Å². The molecule has 0 saturated carbocycles. The topological polar surface area (TPSA) is 47.6 Å². The number of ether oxygens (including phenoxy) is 2. The monoisotopic (exact) mass is 297 g/mol. The van der Waals surface area contributed by atoms with Crippen molar-refractivity contribution < 1.29 is 14.3 Å². The number of amides is 1. The molecule has 1 aliphatic heterocycles. The van der Waals surface area contributed by atoms with Crippen LogP contribution in [-0.4, -0.2) is 25.2 Å². The van der Waals surface area contributed by atoms with E-state index in [9.17, 15) is 4.79 Å². The molecule has 2 atom stereocenters. The molecule has 0 aromatic heterocycles. The fraction of sp³-hybridized carbons (Fsp3) is 0.278. The molecule has 114 valence electrons. The molecule has 0 radical (unpaired) electrons. The van der Waals surface area contributed by atoms with Gasteiger partial charge in [-0.3, -0.25) is 4.79 Å². The van der Waals surface area contributed by atoms with Crippen LogP contribution in [0, 0.1) is 6.92 Å². The highest BCUT2D eigenvalue weighted by molar-refractivity contribution is 5.77. The highest BCUT2D eigenvalue weighted by Gasteiger charge is 2.30. The Morgan fingerprint density at radius 2 is 1.86 bits per heavy atom. The van der Waals surface area contributed by atoms with Crippen LogP contribution in [0.3, 0.4) is 0 Å². The minimum Gasteiger partial charge on any atom is -0.483 e. The molecule has 0 aliphatic carbocycles. The van der Waals surface area contributed by atoms with Crippen LogP contribution in [0.5, 0.6) is 5.75 Å². The van der Waals surface area contributed by atoms with E-state index in [4.69, 9.17) is 9.47 Å². The zero-order chi connectivity index (χ0) is 15.4. The SMILES string of the molecule is Cc1ccc(O[C@H](c2ccccc2)[C@H]2CNC(=O)CO2)cc1. The summed E-state index contributed by atoms with van der Waals surface area (Å²) >= 11 is 0. The summed E-state index contributed by atoms with van der Waals surface area (Å²) in [6, 6.07) is 17.9. The van der Waals surface area contributed by atoms with Crippen LogP contribution in [0.1, 0.15) is 17.2 Å². The zero-order valence-corrected chi connectivity index (χ0v) is 12.5. The van der Waals surface area contributed by atoms with E-state index in [2.05, 4.69) is 5.32 Å². The summed E-state index contributed by atoms with van der Waals surface area (Å²) in [5.41, 5.74) is 2.22. The van der Waals surface area contributed by atoms with Gasteiger partial charge in [0.25, 0.3) is 0 Å². The molecular weight excluding hydrogens is 278 g/mol. The molecule has 4 heteroatoms. The van der Waals surface area contributed by atoms with Crippen molar-refractivity contribution in [2.45, 2.75) is 19.1 Å². The minimum absolute atomic E-state index is 0.0747. The van der Waals surface area contributed by atoms with Crippen molar-refractivity contribution in [3.05, 3.63) is 65.7 Å². The number of nitrogens with one attached hydrogen (secondary N) is 1. The van der Waals surface area contributed by atoms with Gasteiger partial charge in [-0.25, -0.2) is 0 Å². The first-order chi connectivity index (χ1) is 10.7. The van der Waals surface area contributed by atoms with Crippen molar-refractivity contribution in [1.29, 1.82) is 0 Å². The van der Waals surface area contributed by atoms with Crippen LogP contribution in [0.25, 0.3) is 0 Å². The lowest BCUT2D eigenvalue weighted by molar-refractivity contribution is -0.137. The van der Waals surface area contributed by atoms with Gasteiger partial charge in [0.05, 0.1) is 0 Å². The van der Waals surface area contributed by atoms with E-state index >= 15 is 0 Å². The van der Waals surface area contributed by atoms with E-state index in [1.54, 1.807) is 0 Å². The van der Waals surface area contributed by atoms with Gasteiger partial charge in [0.1, 0.15) is 18.5 Å². The molecule has 2 aromatic carbocycles. The summed E-state index contributed by atoms with van der Waals surface area (Å²) in [6.45, 7) is 2.56. The molecule has 1 amide bonds. The highest BCUT2D eigenvalue weighted by Crippen LogP contribution is 2.27. The van der Waals surface area contributed by atoms with Gasteiger partial charge in [-0.15, -0.1) is 0 Å². The normalized spacial score (nSPS) is 19.3. The summed E-state index contributed by atoms with van der Waals surface area (Å²) in [7, 11) is 0. The molecule has 1 N–H and O–H groups in total. The lowest BCUT2D eigenvalue weighted by Crippen LogP contribution is -2.46. The third-order valence-corrected chi connectivity index (χ3v) is 3.68. The second kappa shape index (κ2) is 6.62. The van der Waals surface area contributed by atoms with Crippen molar-refractivity contribution in [3.63, 3.8) is 0 Å². The van der Waals surface area contributed by atoms with Gasteiger partial charge in [-0.2, -0.15) is 0 Å². The van der Waals surface area contributed by atoms with Gasteiger partial charge in [-0.1, -0.05) is 48.0 Å². The summed E-state index contributed by atoms with van der Waals surface area (Å²) in [4.78, 5) is 11.3. The van der Waals surface area contributed by atoms with Gasteiger partial charge < -0.3 is 14.8 Å². The van der Waals surface area contributed by atoms with E-state index < -0.39 is 0 Å². The van der Waals surface area contributed by atoms with Gasteiger partial charge in [-0.05, 0) is 24.6 Å². The van der Waals surface area contributed by atoms with Crippen LogP contribution in [0.15, 0.2) is 54.6 Å². The molecule has 2 aromatic rings. The maximum Gasteiger partial charge on any atom is 0.246 e. The average Bonchev–Trinajstić information content (AvgIpc) is 2.56. The van der Waals surface area contributed by atoms with Gasteiger partial charge >= 0.3 is 0 Å². The van der Waals surface area contributed by atoms with Gasteiger partial charge in [0, 0.05) is 6.54 Å². The molecule has 1 saturated heterocycles. The highest BCUT2D eigenvalue weighted by atomic mass is 16.5. The molecule has 0 unspecified atom stereocenters. The zero-order valence-electron chi connectivity index (χ0n) is 12.5. The van der Waals surface area contributed by atoms with Crippen molar-refractivity contribution in [2.24, 2.45) is 0 Å². The van der Waals surface area contributed by atoms with Crippen molar-refractivity contribution in [2.75, 3.05) is 13.2 Å². The van der Waals surface area contributed by atoms with E-state index in [1.807, 2.05) is 61.5 Å². The smallest absolute Gasteiger partial charge is 0.246 e. The third-order valence-electron chi connectivity index (χ3n) is 3.68. The Bertz CT molecular complexity index is 615. The summed E-state index contributed by atoms with van der Waals surface area (Å²) < 4.78 is 11.8. The van der Waals surface area contributed by atoms with Crippen LogP contribution in [0.4, 0.5) is 0 Å². The first-order valence-electron chi connectivity index (χ1n) is 7.39. The lowest BCUT2D eigenvalue weighted by atomic mass is 10.0. The summed E-state index contributed by atoms with van der Waals surface area (Å²) in [6.07, 6.45) is -0.467. The minimum atomic E-state index is -0.260. The van der Waals surface area contributed by atoms with E-state index in [0.717, 1.165) is 11.3 Å².